The Morgan fingerprint density at radius 3 is 2.42 bits per heavy atom. The molecule has 2 aromatic carbocycles. The minimum atomic E-state index is -4.76. The first-order valence-electron chi connectivity index (χ1n) is 11.6. The molecule has 0 saturated heterocycles. The zero-order chi connectivity index (χ0) is 27.8. The first kappa shape index (κ1) is 30.2. The predicted octanol–water partition coefficient (Wildman–Crippen LogP) is 5.27. The molecule has 1 aromatic heterocycles. The van der Waals surface area contributed by atoms with E-state index in [-0.39, 0.29) is 27.9 Å². The lowest BCUT2D eigenvalue weighted by molar-refractivity contribution is -0.138. The van der Waals surface area contributed by atoms with Crippen molar-refractivity contribution in [3.8, 4) is 16.3 Å². The Morgan fingerprint density at radius 2 is 1.74 bits per heavy atom. The highest BCUT2D eigenvalue weighted by Gasteiger charge is 2.35. The highest BCUT2D eigenvalue weighted by atomic mass is 32.1. The molecular formula is C24H29F3N3O6PS. The Bertz CT molecular complexity index is 1220. The van der Waals surface area contributed by atoms with Crippen molar-refractivity contribution in [2.45, 2.75) is 44.5 Å². The normalized spacial score (nSPS) is 13.9. The van der Waals surface area contributed by atoms with Gasteiger partial charge in [-0.3, -0.25) is 4.52 Å². The highest BCUT2D eigenvalue weighted by Crippen LogP contribution is 2.41. The van der Waals surface area contributed by atoms with E-state index in [0.29, 0.717) is 19.6 Å². The molecule has 0 unspecified atom stereocenters. The van der Waals surface area contributed by atoms with Crippen molar-refractivity contribution in [3.63, 3.8) is 0 Å². The zero-order valence-corrected chi connectivity index (χ0v) is 22.3. The fourth-order valence-corrected chi connectivity index (χ4v) is 4.61. The quantitative estimate of drug-likeness (QED) is 0.173. The van der Waals surface area contributed by atoms with Crippen LogP contribution in [0.15, 0.2) is 48.5 Å². The Hall–Kier alpha value is -2.38. The van der Waals surface area contributed by atoms with Crippen LogP contribution in [0, 0.1) is 0 Å². The van der Waals surface area contributed by atoms with Crippen LogP contribution in [-0.2, 0) is 32.1 Å². The molecular weight excluding hydrogens is 546 g/mol. The number of rotatable bonds is 14. The van der Waals surface area contributed by atoms with Crippen LogP contribution in [0.3, 0.4) is 0 Å². The number of ether oxygens (including phenoxy) is 2. The van der Waals surface area contributed by atoms with Crippen LogP contribution in [0.4, 0.5) is 13.2 Å². The molecule has 9 nitrogen and oxygen atoms in total. The maximum absolute atomic E-state index is 13.8. The largest absolute Gasteiger partial charge is 0.493 e. The van der Waals surface area contributed by atoms with Crippen molar-refractivity contribution in [2.75, 3.05) is 19.8 Å². The monoisotopic (exact) mass is 575 g/mol. The van der Waals surface area contributed by atoms with E-state index in [0.717, 1.165) is 35.8 Å². The maximum atomic E-state index is 13.8. The zero-order valence-electron chi connectivity index (χ0n) is 20.6. The van der Waals surface area contributed by atoms with Gasteiger partial charge in [-0.05, 0) is 49.9 Å². The summed E-state index contributed by atoms with van der Waals surface area (Å²) in [5.41, 5.74) is 4.89. The van der Waals surface area contributed by atoms with Crippen molar-refractivity contribution in [1.29, 1.82) is 0 Å². The third-order valence-electron chi connectivity index (χ3n) is 5.28. The van der Waals surface area contributed by atoms with Crippen molar-refractivity contribution in [1.82, 2.24) is 10.2 Å². The Labute approximate surface area is 222 Å². The number of phosphoric acid groups is 1. The van der Waals surface area contributed by atoms with Crippen LogP contribution in [-0.4, -0.2) is 39.8 Å². The molecule has 0 saturated carbocycles. The molecule has 14 heteroatoms. The summed E-state index contributed by atoms with van der Waals surface area (Å²) in [6.45, 7) is 2.04. The molecule has 1 heterocycles. The van der Waals surface area contributed by atoms with Crippen LogP contribution < -0.4 is 10.5 Å². The second kappa shape index (κ2) is 13.1. The molecule has 0 spiro atoms. The molecule has 1 atom stereocenters. The minimum Gasteiger partial charge on any atom is -0.493 e. The number of aromatic nitrogens is 2. The Balaban J connectivity index is 1.55. The summed E-state index contributed by atoms with van der Waals surface area (Å²) in [7, 11) is -4.76. The van der Waals surface area contributed by atoms with Gasteiger partial charge < -0.3 is 25.0 Å². The van der Waals surface area contributed by atoms with Crippen molar-refractivity contribution in [3.05, 3.63) is 64.7 Å². The third-order valence-corrected chi connectivity index (χ3v) is 7.00. The van der Waals surface area contributed by atoms with Gasteiger partial charge in [0.05, 0.1) is 30.9 Å². The van der Waals surface area contributed by atoms with Crippen molar-refractivity contribution < 1.29 is 41.5 Å². The van der Waals surface area contributed by atoms with Crippen LogP contribution >= 0.6 is 19.2 Å². The molecule has 4 N–H and O–H groups in total. The molecule has 0 aliphatic rings. The third kappa shape index (κ3) is 9.42. The minimum absolute atomic E-state index is 0.120. The number of unbranched alkanes of at least 4 members (excludes halogenated alkanes) is 2. The van der Waals surface area contributed by atoms with Crippen molar-refractivity contribution >= 4 is 19.2 Å². The van der Waals surface area contributed by atoms with Gasteiger partial charge in [0.15, 0.2) is 0 Å². The molecule has 3 rings (SSSR count). The average molecular weight is 576 g/mol. The number of nitrogens with two attached hydrogens (primary N) is 1. The number of halogens is 3. The summed E-state index contributed by atoms with van der Waals surface area (Å²) in [5, 5.41) is 8.07. The Kier molecular flexibility index (Phi) is 10.4. The van der Waals surface area contributed by atoms with E-state index in [1.54, 1.807) is 0 Å². The van der Waals surface area contributed by atoms with Crippen LogP contribution in [0.25, 0.3) is 10.6 Å². The molecule has 0 bridgehead atoms. The molecule has 3 aromatic rings. The van der Waals surface area contributed by atoms with Gasteiger partial charge in [0.1, 0.15) is 15.8 Å². The standard InChI is InChI=1S/C24H29F3N3O6PS/c1-23(28,16-36-37(31,32)33)22-30-29-21(38-22)18-10-11-20(19(14-18)24(25,26)27)35-13-7-3-6-12-34-15-17-8-4-2-5-9-17/h2,4-5,8-11,14H,3,6-7,12-13,15-16,28H2,1H3,(H2,31,32,33)/t23-/m0/s1. The lowest BCUT2D eigenvalue weighted by Crippen LogP contribution is -2.37. The molecule has 0 amide bonds. The molecule has 0 fully saturated rings. The second-order valence-electron chi connectivity index (χ2n) is 8.75. The van der Waals surface area contributed by atoms with Crippen LogP contribution in [0.1, 0.15) is 42.3 Å². The van der Waals surface area contributed by atoms with E-state index in [1.807, 2.05) is 30.3 Å². The number of hydrogen-bond acceptors (Lipinski definition) is 8. The van der Waals surface area contributed by atoms with Crippen molar-refractivity contribution in [2.24, 2.45) is 5.73 Å². The number of phosphoric ester groups is 1. The fourth-order valence-electron chi connectivity index (χ4n) is 3.29. The first-order chi connectivity index (χ1) is 17.9. The summed E-state index contributed by atoms with van der Waals surface area (Å²) in [6.07, 6.45) is -2.59. The topological polar surface area (TPSA) is 137 Å². The van der Waals surface area contributed by atoms with Crippen LogP contribution in [0.5, 0.6) is 5.75 Å². The van der Waals surface area contributed by atoms with Gasteiger partial charge in [0.25, 0.3) is 0 Å². The maximum Gasteiger partial charge on any atom is 0.469 e. The van der Waals surface area contributed by atoms with Gasteiger partial charge in [0.2, 0.25) is 0 Å². The molecule has 0 aliphatic heterocycles. The van der Waals surface area contributed by atoms with Gasteiger partial charge in [-0.15, -0.1) is 10.2 Å². The predicted molar refractivity (Wildman–Crippen MR) is 135 cm³/mol. The number of hydrogen-bond donors (Lipinski definition) is 3. The number of nitrogens with zero attached hydrogens (tertiary/aromatic N) is 2. The smallest absolute Gasteiger partial charge is 0.469 e. The lowest BCUT2D eigenvalue weighted by Gasteiger charge is -2.21. The SMILES string of the molecule is C[C@](N)(COP(=O)(O)O)c1nnc(-c2ccc(OCCCCCOCc3ccccc3)c(C(F)(F)F)c2)s1. The van der Waals surface area contributed by atoms with Gasteiger partial charge in [-0.1, -0.05) is 41.7 Å². The second-order valence-corrected chi connectivity index (χ2v) is 11.0. The van der Waals surface area contributed by atoms with Gasteiger partial charge in [-0.25, -0.2) is 4.57 Å². The highest BCUT2D eigenvalue weighted by molar-refractivity contribution is 7.46. The lowest BCUT2D eigenvalue weighted by atomic mass is 10.1. The Morgan fingerprint density at radius 1 is 1.03 bits per heavy atom. The van der Waals surface area contributed by atoms with Crippen LogP contribution in [0.2, 0.25) is 0 Å². The summed E-state index contributed by atoms with van der Waals surface area (Å²) in [6, 6.07) is 13.4. The number of benzene rings is 2. The molecule has 0 radical (unpaired) electrons. The van der Waals surface area contributed by atoms with E-state index in [4.69, 9.17) is 25.0 Å². The summed E-state index contributed by atoms with van der Waals surface area (Å²) in [4.78, 5) is 17.8. The summed E-state index contributed by atoms with van der Waals surface area (Å²) in [5.74, 6) is -0.287. The summed E-state index contributed by atoms with van der Waals surface area (Å²) < 4.78 is 67.8. The summed E-state index contributed by atoms with van der Waals surface area (Å²) >= 11 is 0.898. The van der Waals surface area contributed by atoms with Gasteiger partial charge >= 0.3 is 14.0 Å². The van der Waals surface area contributed by atoms with Gasteiger partial charge in [-0.2, -0.15) is 13.2 Å². The van der Waals surface area contributed by atoms with E-state index < -0.39 is 31.7 Å². The van der Waals surface area contributed by atoms with Gasteiger partial charge in [0, 0.05) is 12.2 Å². The van der Waals surface area contributed by atoms with E-state index >= 15 is 0 Å². The molecule has 0 aliphatic carbocycles. The molecule has 208 valence electrons. The van der Waals surface area contributed by atoms with E-state index in [1.165, 1.54) is 19.1 Å². The fraction of sp³-hybridized carbons (Fsp3) is 0.417. The van der Waals surface area contributed by atoms with E-state index in [9.17, 15) is 17.7 Å². The van der Waals surface area contributed by atoms with E-state index in [2.05, 4.69) is 14.7 Å². The average Bonchev–Trinajstić information content (AvgIpc) is 3.36. The first-order valence-corrected chi connectivity index (χ1v) is 14.0. The number of alkyl halides is 3. The molecule has 38 heavy (non-hydrogen) atoms.